The van der Waals surface area contributed by atoms with Crippen LogP contribution in [0.2, 0.25) is 0 Å². The summed E-state index contributed by atoms with van der Waals surface area (Å²) in [6, 6.07) is 0. The standard InChI is InChI=1S/C10H14N4/c1-6-8(10(3,4)5)13-14-9(6)11-7(2)12-14/h1H2,2-5H3. The van der Waals surface area contributed by atoms with E-state index in [0.717, 1.165) is 22.4 Å². The zero-order chi connectivity index (χ0) is 10.5. The first-order valence-electron chi connectivity index (χ1n) is 4.62. The van der Waals surface area contributed by atoms with E-state index in [2.05, 4.69) is 42.5 Å². The van der Waals surface area contributed by atoms with Crippen LogP contribution in [0, 0.1) is 6.92 Å². The lowest BCUT2D eigenvalue weighted by atomic mass is 9.91. The zero-order valence-corrected chi connectivity index (χ0v) is 9.00. The van der Waals surface area contributed by atoms with Gasteiger partial charge in [-0.05, 0) is 6.92 Å². The van der Waals surface area contributed by atoms with Crippen molar-refractivity contribution < 1.29 is 0 Å². The lowest BCUT2D eigenvalue weighted by Gasteiger charge is -2.14. The second-order valence-electron chi connectivity index (χ2n) is 4.55. The third-order valence-corrected chi connectivity index (χ3v) is 2.16. The van der Waals surface area contributed by atoms with Crippen LogP contribution in [-0.4, -0.2) is 19.8 Å². The number of fused-ring (bicyclic) bond motifs is 1. The van der Waals surface area contributed by atoms with Crippen molar-refractivity contribution in [2.24, 2.45) is 0 Å². The molecule has 2 rings (SSSR count). The molecule has 0 bridgehead atoms. The van der Waals surface area contributed by atoms with Crippen LogP contribution in [0.5, 0.6) is 0 Å². The summed E-state index contributed by atoms with van der Waals surface area (Å²) < 4.78 is 1.57. The first-order chi connectivity index (χ1) is 6.39. The van der Waals surface area contributed by atoms with Crippen molar-refractivity contribution in [2.75, 3.05) is 0 Å². The summed E-state index contributed by atoms with van der Waals surface area (Å²) in [6.07, 6.45) is 0. The molecule has 2 aromatic rings. The number of rotatable bonds is 0. The van der Waals surface area contributed by atoms with Gasteiger partial charge in [-0.1, -0.05) is 27.4 Å². The summed E-state index contributed by atoms with van der Waals surface area (Å²) in [5, 5.41) is 9.43. The van der Waals surface area contributed by atoms with Crippen molar-refractivity contribution in [1.82, 2.24) is 19.8 Å². The van der Waals surface area contributed by atoms with E-state index in [1.54, 1.807) is 4.63 Å². The molecule has 4 nitrogen and oxygen atoms in total. The molecule has 0 atom stereocenters. The second-order valence-corrected chi connectivity index (χ2v) is 4.55. The summed E-state index contributed by atoms with van der Waals surface area (Å²) in [6.45, 7) is 12.2. The number of aromatic nitrogens is 4. The Morgan fingerprint density at radius 3 is 2.36 bits per heavy atom. The Bertz CT molecular complexity index is 518. The second kappa shape index (κ2) is 2.53. The first-order valence-corrected chi connectivity index (χ1v) is 4.62. The van der Waals surface area contributed by atoms with Crippen LogP contribution in [0.15, 0.2) is 0 Å². The average Bonchev–Trinajstić information content (AvgIpc) is 2.49. The lowest BCUT2D eigenvalue weighted by Crippen LogP contribution is -2.20. The van der Waals surface area contributed by atoms with Gasteiger partial charge in [-0.15, -0.1) is 9.73 Å². The number of hydrogen-bond acceptors (Lipinski definition) is 3. The van der Waals surface area contributed by atoms with Crippen LogP contribution in [-0.2, 0) is 5.41 Å². The molecule has 0 N–H and O–H groups in total. The number of hydrogen-bond donors (Lipinski definition) is 0. The molecule has 0 aromatic carbocycles. The van der Waals surface area contributed by atoms with Crippen LogP contribution in [0.3, 0.4) is 0 Å². The van der Waals surface area contributed by atoms with Gasteiger partial charge in [-0.25, -0.2) is 4.98 Å². The van der Waals surface area contributed by atoms with Crippen LogP contribution in [0.1, 0.15) is 32.3 Å². The van der Waals surface area contributed by atoms with Gasteiger partial charge in [-0.2, -0.15) is 5.10 Å². The van der Waals surface area contributed by atoms with Crippen molar-refractivity contribution in [3.8, 4) is 0 Å². The maximum absolute atomic E-state index is 4.38. The maximum Gasteiger partial charge on any atom is 0.184 e. The van der Waals surface area contributed by atoms with Crippen molar-refractivity contribution in [1.29, 1.82) is 0 Å². The molecule has 0 fully saturated rings. The van der Waals surface area contributed by atoms with Crippen LogP contribution in [0.4, 0.5) is 0 Å². The molecule has 14 heavy (non-hydrogen) atoms. The van der Waals surface area contributed by atoms with E-state index >= 15 is 0 Å². The Morgan fingerprint density at radius 1 is 1.21 bits per heavy atom. The van der Waals surface area contributed by atoms with Gasteiger partial charge in [0.15, 0.2) is 5.65 Å². The molecule has 2 heterocycles. The van der Waals surface area contributed by atoms with E-state index in [1.807, 2.05) is 6.92 Å². The van der Waals surface area contributed by atoms with E-state index < -0.39 is 0 Å². The van der Waals surface area contributed by atoms with Gasteiger partial charge in [0.05, 0.1) is 5.69 Å². The maximum atomic E-state index is 4.38. The average molecular weight is 190 g/mol. The van der Waals surface area contributed by atoms with Gasteiger partial charge in [0.25, 0.3) is 0 Å². The van der Waals surface area contributed by atoms with E-state index in [-0.39, 0.29) is 5.41 Å². The highest BCUT2D eigenvalue weighted by Crippen LogP contribution is 2.16. The lowest BCUT2D eigenvalue weighted by molar-refractivity contribution is 0.553. The highest BCUT2D eigenvalue weighted by molar-refractivity contribution is 5.44. The molecule has 0 saturated carbocycles. The number of nitrogens with zero attached hydrogens (tertiary/aromatic N) is 4. The fraction of sp³-hybridized carbons (Fsp3) is 0.500. The van der Waals surface area contributed by atoms with Crippen molar-refractivity contribution in [2.45, 2.75) is 33.1 Å². The van der Waals surface area contributed by atoms with E-state index in [1.165, 1.54) is 0 Å². The molecule has 0 radical (unpaired) electrons. The van der Waals surface area contributed by atoms with E-state index in [9.17, 15) is 0 Å². The van der Waals surface area contributed by atoms with Gasteiger partial charge >= 0.3 is 0 Å². The van der Waals surface area contributed by atoms with Crippen molar-refractivity contribution >= 4 is 12.2 Å². The summed E-state index contributed by atoms with van der Waals surface area (Å²) >= 11 is 0. The van der Waals surface area contributed by atoms with Crippen LogP contribution in [0.25, 0.3) is 12.2 Å². The third-order valence-electron chi connectivity index (χ3n) is 2.16. The molecular formula is C10H14N4. The fourth-order valence-corrected chi connectivity index (χ4v) is 1.53. The molecule has 0 aliphatic rings. The van der Waals surface area contributed by atoms with Crippen LogP contribution < -0.4 is 5.22 Å². The minimum absolute atomic E-state index is 0.00658. The normalized spacial score (nSPS) is 12.6. The Kier molecular flexibility index (Phi) is 1.65. The quantitative estimate of drug-likeness (QED) is 0.618. The SMILES string of the molecule is C=c1c(C(C)(C)C)nn2nc(C)nc12. The molecule has 0 amide bonds. The predicted octanol–water partition coefficient (Wildman–Crippen LogP) is 0.859. The highest BCUT2D eigenvalue weighted by Gasteiger charge is 2.21. The molecule has 0 spiro atoms. The Labute approximate surface area is 82.6 Å². The Morgan fingerprint density at radius 2 is 1.86 bits per heavy atom. The third kappa shape index (κ3) is 1.18. The minimum Gasteiger partial charge on any atom is -0.210 e. The molecule has 0 saturated heterocycles. The molecule has 74 valence electrons. The largest absolute Gasteiger partial charge is 0.210 e. The summed E-state index contributed by atoms with van der Waals surface area (Å²) in [7, 11) is 0. The number of aryl methyl sites for hydroxylation is 1. The topological polar surface area (TPSA) is 43.1 Å². The van der Waals surface area contributed by atoms with Gasteiger partial charge in [0.1, 0.15) is 5.82 Å². The van der Waals surface area contributed by atoms with Gasteiger partial charge in [0, 0.05) is 10.6 Å². The smallest absolute Gasteiger partial charge is 0.184 e. The molecule has 0 aliphatic heterocycles. The van der Waals surface area contributed by atoms with Crippen molar-refractivity contribution in [3.05, 3.63) is 16.7 Å². The fourth-order valence-electron chi connectivity index (χ4n) is 1.53. The Balaban J connectivity index is 2.77. The van der Waals surface area contributed by atoms with Crippen molar-refractivity contribution in [3.63, 3.8) is 0 Å². The van der Waals surface area contributed by atoms with Crippen LogP contribution >= 0.6 is 0 Å². The zero-order valence-electron chi connectivity index (χ0n) is 9.00. The minimum atomic E-state index is -0.00658. The first kappa shape index (κ1) is 9.12. The highest BCUT2D eigenvalue weighted by atomic mass is 15.5. The van der Waals surface area contributed by atoms with Gasteiger partial charge in [-0.3, -0.25) is 0 Å². The molecule has 0 unspecified atom stereocenters. The summed E-state index contributed by atoms with van der Waals surface area (Å²) in [4.78, 5) is 4.27. The van der Waals surface area contributed by atoms with E-state index in [0.29, 0.717) is 0 Å². The van der Waals surface area contributed by atoms with Gasteiger partial charge in [0.2, 0.25) is 0 Å². The molecular weight excluding hydrogens is 176 g/mol. The molecule has 4 heteroatoms. The molecule has 2 aromatic heterocycles. The monoisotopic (exact) mass is 190 g/mol. The van der Waals surface area contributed by atoms with E-state index in [4.69, 9.17) is 0 Å². The predicted molar refractivity (Wildman–Crippen MR) is 55.0 cm³/mol. The molecule has 0 aliphatic carbocycles. The Hall–Kier alpha value is -1.45. The summed E-state index contributed by atoms with van der Waals surface area (Å²) in [5.41, 5.74) is 1.73. The van der Waals surface area contributed by atoms with Gasteiger partial charge < -0.3 is 0 Å². The summed E-state index contributed by atoms with van der Waals surface area (Å²) in [5.74, 6) is 0.734.